The van der Waals surface area contributed by atoms with Crippen molar-refractivity contribution in [3.8, 4) is 5.97 Å². The third kappa shape index (κ3) is 2.18. The fourth-order valence-electron chi connectivity index (χ4n) is 2.62. The summed E-state index contributed by atoms with van der Waals surface area (Å²) >= 11 is 0. The SMILES string of the molecule is N#CB1CCc2nc(N3CCNCC3)ncc2C1. The van der Waals surface area contributed by atoms with Crippen LogP contribution in [0, 0.1) is 11.2 Å². The van der Waals surface area contributed by atoms with Gasteiger partial charge in [0.15, 0.2) is 0 Å². The Kier molecular flexibility index (Phi) is 3.16. The molecule has 0 aliphatic carbocycles. The summed E-state index contributed by atoms with van der Waals surface area (Å²) < 4.78 is 0. The fraction of sp³-hybridized carbons (Fsp3) is 0.583. The summed E-state index contributed by atoms with van der Waals surface area (Å²) in [6.07, 6.45) is 4.58. The predicted octanol–water partition coefficient (Wildman–Crippen LogP) is 0.0816. The Morgan fingerprint density at radius 3 is 3.00 bits per heavy atom. The average Bonchev–Trinajstić information content (AvgIpc) is 2.47. The molecule has 92 valence electrons. The first-order valence-electron chi connectivity index (χ1n) is 6.57. The van der Waals surface area contributed by atoms with Gasteiger partial charge in [-0.3, -0.25) is 0 Å². The maximum absolute atomic E-state index is 8.97. The molecule has 0 atom stereocenters. The normalized spacial score (nSPS) is 19.3. The second-order valence-electron chi connectivity index (χ2n) is 4.95. The van der Waals surface area contributed by atoms with Crippen LogP contribution in [0.1, 0.15) is 11.3 Å². The van der Waals surface area contributed by atoms with E-state index in [4.69, 9.17) is 5.26 Å². The van der Waals surface area contributed by atoms with Crippen LogP contribution in [0.25, 0.3) is 0 Å². The highest BCUT2D eigenvalue weighted by Gasteiger charge is 2.24. The van der Waals surface area contributed by atoms with Crippen LogP contribution in [0.4, 0.5) is 5.95 Å². The Morgan fingerprint density at radius 2 is 2.22 bits per heavy atom. The lowest BCUT2D eigenvalue weighted by atomic mass is 9.43. The van der Waals surface area contributed by atoms with Crippen LogP contribution in [0.3, 0.4) is 0 Å². The van der Waals surface area contributed by atoms with Gasteiger partial charge < -0.3 is 10.2 Å². The minimum absolute atomic E-state index is 0.145. The van der Waals surface area contributed by atoms with E-state index in [2.05, 4.69) is 26.2 Å². The van der Waals surface area contributed by atoms with E-state index in [0.29, 0.717) is 0 Å². The maximum Gasteiger partial charge on any atom is 0.272 e. The molecule has 3 heterocycles. The molecule has 1 aromatic heterocycles. The number of anilines is 1. The number of nitrogens with zero attached hydrogens (tertiary/aromatic N) is 4. The summed E-state index contributed by atoms with van der Waals surface area (Å²) in [4.78, 5) is 11.4. The van der Waals surface area contributed by atoms with Crippen LogP contribution in [0.5, 0.6) is 0 Å². The van der Waals surface area contributed by atoms with Gasteiger partial charge in [-0.25, -0.2) is 15.2 Å². The minimum Gasteiger partial charge on any atom is -0.338 e. The Bertz CT molecular complexity index is 478. The van der Waals surface area contributed by atoms with E-state index < -0.39 is 0 Å². The van der Waals surface area contributed by atoms with Crippen molar-refractivity contribution >= 4 is 12.7 Å². The molecular weight excluding hydrogens is 225 g/mol. The van der Waals surface area contributed by atoms with E-state index in [1.165, 1.54) is 0 Å². The van der Waals surface area contributed by atoms with Gasteiger partial charge in [0.25, 0.3) is 6.71 Å². The van der Waals surface area contributed by atoms with Crippen molar-refractivity contribution < 1.29 is 0 Å². The fourth-order valence-corrected chi connectivity index (χ4v) is 2.62. The number of piperazine rings is 1. The zero-order valence-corrected chi connectivity index (χ0v) is 10.4. The first-order chi connectivity index (χ1) is 8.86. The van der Waals surface area contributed by atoms with Gasteiger partial charge in [0.05, 0.1) is 0 Å². The number of aromatic nitrogens is 2. The average molecular weight is 241 g/mol. The molecule has 0 amide bonds. The highest BCUT2D eigenvalue weighted by Crippen LogP contribution is 2.21. The molecule has 0 spiro atoms. The van der Waals surface area contributed by atoms with Gasteiger partial charge >= 0.3 is 0 Å². The molecular formula is C12H16BN5. The van der Waals surface area contributed by atoms with E-state index in [0.717, 1.165) is 62.4 Å². The van der Waals surface area contributed by atoms with Crippen LogP contribution in [0.2, 0.25) is 6.32 Å². The first-order valence-corrected chi connectivity index (χ1v) is 6.57. The molecule has 1 fully saturated rings. The van der Waals surface area contributed by atoms with E-state index in [1.807, 2.05) is 6.20 Å². The lowest BCUT2D eigenvalue weighted by Gasteiger charge is -2.28. The minimum atomic E-state index is 0.145. The highest BCUT2D eigenvalue weighted by molar-refractivity contribution is 6.66. The lowest BCUT2D eigenvalue weighted by Crippen LogP contribution is -2.44. The largest absolute Gasteiger partial charge is 0.338 e. The predicted molar refractivity (Wildman–Crippen MR) is 70.7 cm³/mol. The van der Waals surface area contributed by atoms with Crippen molar-refractivity contribution in [2.75, 3.05) is 31.1 Å². The zero-order chi connectivity index (χ0) is 12.4. The van der Waals surface area contributed by atoms with E-state index in [9.17, 15) is 0 Å². The molecule has 2 aliphatic rings. The second kappa shape index (κ2) is 4.95. The molecule has 0 aromatic carbocycles. The van der Waals surface area contributed by atoms with Gasteiger partial charge in [-0.2, -0.15) is 0 Å². The number of nitrogens with one attached hydrogen (secondary N) is 1. The number of hydrogen-bond acceptors (Lipinski definition) is 5. The summed E-state index contributed by atoms with van der Waals surface area (Å²) in [5, 5.41) is 12.3. The summed E-state index contributed by atoms with van der Waals surface area (Å²) in [6, 6.07) is 0. The molecule has 0 radical (unpaired) electrons. The van der Waals surface area contributed by atoms with Crippen LogP contribution in [-0.4, -0.2) is 42.9 Å². The standard InChI is InChI=1S/C12H16BN5/c14-9-13-2-1-11-10(7-13)8-16-12(17-11)18-5-3-15-4-6-18/h8,15H,1-7H2. The smallest absolute Gasteiger partial charge is 0.272 e. The summed E-state index contributed by atoms with van der Waals surface area (Å²) in [6.45, 7) is 4.08. The first kappa shape index (κ1) is 11.5. The van der Waals surface area contributed by atoms with Crippen molar-refractivity contribution in [2.45, 2.75) is 19.1 Å². The second-order valence-corrected chi connectivity index (χ2v) is 4.95. The van der Waals surface area contributed by atoms with Crippen molar-refractivity contribution in [3.05, 3.63) is 17.5 Å². The molecule has 1 N–H and O–H groups in total. The molecule has 0 bridgehead atoms. The van der Waals surface area contributed by atoms with Gasteiger partial charge in [-0.15, -0.1) is 0 Å². The number of fused-ring (bicyclic) bond motifs is 1. The Hall–Kier alpha value is -1.61. The third-order valence-electron chi connectivity index (χ3n) is 3.72. The van der Waals surface area contributed by atoms with Crippen molar-refractivity contribution in [1.29, 1.82) is 5.26 Å². The summed E-state index contributed by atoms with van der Waals surface area (Å²) in [5.41, 5.74) is 2.30. The van der Waals surface area contributed by atoms with Crippen LogP contribution in [-0.2, 0) is 12.7 Å². The number of hydrogen-bond donors (Lipinski definition) is 1. The molecule has 0 unspecified atom stereocenters. The van der Waals surface area contributed by atoms with Gasteiger partial charge in [-0.1, -0.05) is 6.32 Å². The van der Waals surface area contributed by atoms with Crippen molar-refractivity contribution in [2.24, 2.45) is 0 Å². The van der Waals surface area contributed by atoms with Crippen LogP contribution < -0.4 is 10.2 Å². The maximum atomic E-state index is 8.97. The summed E-state index contributed by atoms with van der Waals surface area (Å²) in [7, 11) is 0. The van der Waals surface area contributed by atoms with E-state index in [1.54, 1.807) is 0 Å². The molecule has 1 aromatic rings. The van der Waals surface area contributed by atoms with E-state index >= 15 is 0 Å². The topological polar surface area (TPSA) is 64.8 Å². The molecule has 0 saturated carbocycles. The molecule has 6 heteroatoms. The molecule has 3 rings (SSSR count). The van der Waals surface area contributed by atoms with E-state index in [-0.39, 0.29) is 6.71 Å². The van der Waals surface area contributed by atoms with Gasteiger partial charge in [0.2, 0.25) is 5.95 Å². The Balaban J connectivity index is 1.81. The quantitative estimate of drug-likeness (QED) is 0.705. The molecule has 5 nitrogen and oxygen atoms in total. The van der Waals surface area contributed by atoms with Gasteiger partial charge in [0.1, 0.15) is 0 Å². The highest BCUT2D eigenvalue weighted by atomic mass is 15.3. The number of aryl methyl sites for hydroxylation is 1. The van der Waals surface area contributed by atoms with Crippen molar-refractivity contribution in [1.82, 2.24) is 15.3 Å². The zero-order valence-electron chi connectivity index (χ0n) is 10.4. The Morgan fingerprint density at radius 1 is 1.39 bits per heavy atom. The lowest BCUT2D eigenvalue weighted by molar-refractivity contribution is 0.578. The Labute approximate surface area is 107 Å². The number of nitriles is 1. The summed E-state index contributed by atoms with van der Waals surface area (Å²) in [5.74, 6) is 3.20. The molecule has 18 heavy (non-hydrogen) atoms. The number of rotatable bonds is 1. The molecule has 1 saturated heterocycles. The molecule has 2 aliphatic heterocycles. The third-order valence-corrected chi connectivity index (χ3v) is 3.72. The van der Waals surface area contributed by atoms with Crippen LogP contribution >= 0.6 is 0 Å². The van der Waals surface area contributed by atoms with Crippen LogP contribution in [0.15, 0.2) is 6.20 Å². The van der Waals surface area contributed by atoms with Gasteiger partial charge in [-0.05, 0) is 18.3 Å². The van der Waals surface area contributed by atoms with Crippen molar-refractivity contribution in [3.63, 3.8) is 0 Å². The monoisotopic (exact) mass is 241 g/mol. The van der Waals surface area contributed by atoms with Gasteiger partial charge in [0, 0.05) is 44.0 Å².